The van der Waals surface area contributed by atoms with Crippen LogP contribution in [0.5, 0.6) is 11.5 Å². The number of furan rings is 1. The molecule has 0 spiro atoms. The van der Waals surface area contributed by atoms with Gasteiger partial charge in [-0.05, 0) is 42.3 Å². The van der Waals surface area contributed by atoms with Crippen LogP contribution in [0.3, 0.4) is 0 Å². The Bertz CT molecular complexity index is 957. The zero-order valence-electron chi connectivity index (χ0n) is 17.0. The highest BCUT2D eigenvalue weighted by Gasteiger charge is 2.18. The molecule has 2 heterocycles. The molecule has 1 aliphatic rings. The van der Waals surface area contributed by atoms with Crippen molar-refractivity contribution in [2.45, 2.75) is 26.1 Å². The number of nitrogens with one attached hydrogen (secondary N) is 1. The molecule has 1 aromatic heterocycles. The summed E-state index contributed by atoms with van der Waals surface area (Å²) in [6.45, 7) is 4.56. The topological polar surface area (TPSA) is 63.9 Å². The molecule has 0 radical (unpaired) electrons. The molecule has 0 saturated carbocycles. The van der Waals surface area contributed by atoms with Crippen LogP contribution >= 0.6 is 0 Å². The summed E-state index contributed by atoms with van der Waals surface area (Å²) in [5.41, 5.74) is 2.13. The minimum Gasteiger partial charge on any atom is -0.486 e. The van der Waals surface area contributed by atoms with Crippen LogP contribution in [0.1, 0.15) is 29.9 Å². The molecule has 156 valence electrons. The standard InChI is InChI=1S/C24H26N2O4/c1-18(20-9-10-22-23(14-20)30-13-12-29-22)25-24(27)17-26(16-21-8-5-11-28-21)15-19-6-3-2-4-7-19/h2-11,14,18H,12-13,15-17H2,1H3,(H,25,27). The van der Waals surface area contributed by atoms with Crippen molar-refractivity contribution in [1.82, 2.24) is 10.2 Å². The van der Waals surface area contributed by atoms with E-state index in [0.29, 0.717) is 26.3 Å². The lowest BCUT2D eigenvalue weighted by Gasteiger charge is -2.23. The first kappa shape index (κ1) is 20.0. The van der Waals surface area contributed by atoms with Crippen molar-refractivity contribution in [3.05, 3.63) is 83.8 Å². The van der Waals surface area contributed by atoms with E-state index in [2.05, 4.69) is 22.3 Å². The summed E-state index contributed by atoms with van der Waals surface area (Å²) in [6.07, 6.45) is 1.65. The Morgan fingerprint density at radius 3 is 2.57 bits per heavy atom. The number of nitrogens with zero attached hydrogens (tertiary/aromatic N) is 1. The fourth-order valence-electron chi connectivity index (χ4n) is 3.54. The Morgan fingerprint density at radius 1 is 1.00 bits per heavy atom. The van der Waals surface area contributed by atoms with Crippen LogP contribution in [0.4, 0.5) is 0 Å². The van der Waals surface area contributed by atoms with Gasteiger partial charge in [0.1, 0.15) is 19.0 Å². The minimum atomic E-state index is -0.143. The predicted octanol–water partition coefficient (Wildman–Crippen LogP) is 3.93. The molecule has 0 saturated heterocycles. The van der Waals surface area contributed by atoms with Crippen LogP contribution in [0.25, 0.3) is 0 Å². The fraction of sp³-hybridized carbons (Fsp3) is 0.292. The molecule has 0 bridgehead atoms. The molecule has 2 aromatic carbocycles. The van der Waals surface area contributed by atoms with Gasteiger partial charge < -0.3 is 19.2 Å². The number of ether oxygens (including phenoxy) is 2. The Kier molecular flexibility index (Phi) is 6.35. The van der Waals surface area contributed by atoms with Gasteiger partial charge in [-0.25, -0.2) is 0 Å². The van der Waals surface area contributed by atoms with Gasteiger partial charge in [0.25, 0.3) is 0 Å². The number of amides is 1. The number of rotatable bonds is 8. The minimum absolute atomic E-state index is 0.0418. The van der Waals surface area contributed by atoms with Crippen LogP contribution in [-0.2, 0) is 17.9 Å². The molecule has 6 heteroatoms. The van der Waals surface area contributed by atoms with Gasteiger partial charge in [0.05, 0.1) is 25.4 Å². The van der Waals surface area contributed by atoms with E-state index in [1.165, 1.54) is 0 Å². The third-order valence-electron chi connectivity index (χ3n) is 5.02. The molecule has 3 aromatic rings. The largest absolute Gasteiger partial charge is 0.486 e. The van der Waals surface area contributed by atoms with Gasteiger partial charge in [-0.1, -0.05) is 36.4 Å². The van der Waals surface area contributed by atoms with E-state index in [9.17, 15) is 4.79 Å². The number of benzene rings is 2. The molecule has 1 amide bonds. The van der Waals surface area contributed by atoms with Gasteiger partial charge >= 0.3 is 0 Å². The van der Waals surface area contributed by atoms with Gasteiger partial charge in [0, 0.05) is 6.54 Å². The molecule has 1 aliphatic heterocycles. The van der Waals surface area contributed by atoms with E-state index < -0.39 is 0 Å². The van der Waals surface area contributed by atoms with Crippen molar-refractivity contribution in [2.24, 2.45) is 0 Å². The van der Waals surface area contributed by atoms with Gasteiger partial charge in [-0.2, -0.15) is 0 Å². The highest BCUT2D eigenvalue weighted by Crippen LogP contribution is 2.32. The number of carbonyl (C=O) groups excluding carboxylic acids is 1. The van der Waals surface area contributed by atoms with Crippen molar-refractivity contribution in [3.63, 3.8) is 0 Å². The van der Waals surface area contributed by atoms with Gasteiger partial charge in [-0.3, -0.25) is 9.69 Å². The lowest BCUT2D eigenvalue weighted by Crippen LogP contribution is -2.37. The molecular formula is C24H26N2O4. The average molecular weight is 406 g/mol. The maximum atomic E-state index is 12.8. The molecule has 1 unspecified atom stereocenters. The van der Waals surface area contributed by atoms with E-state index >= 15 is 0 Å². The van der Waals surface area contributed by atoms with E-state index in [4.69, 9.17) is 13.9 Å². The maximum absolute atomic E-state index is 12.8. The zero-order chi connectivity index (χ0) is 20.8. The highest BCUT2D eigenvalue weighted by atomic mass is 16.6. The Balaban J connectivity index is 1.40. The third-order valence-corrected chi connectivity index (χ3v) is 5.02. The first-order valence-electron chi connectivity index (χ1n) is 10.1. The van der Waals surface area contributed by atoms with E-state index in [-0.39, 0.29) is 18.5 Å². The lowest BCUT2D eigenvalue weighted by molar-refractivity contribution is -0.123. The van der Waals surface area contributed by atoms with E-state index in [0.717, 1.165) is 28.4 Å². The number of hydrogen-bond acceptors (Lipinski definition) is 5. The Morgan fingerprint density at radius 2 is 1.80 bits per heavy atom. The van der Waals surface area contributed by atoms with Crippen LogP contribution in [0, 0.1) is 0 Å². The molecule has 30 heavy (non-hydrogen) atoms. The van der Waals surface area contributed by atoms with Gasteiger partial charge in [-0.15, -0.1) is 0 Å². The quantitative estimate of drug-likeness (QED) is 0.614. The van der Waals surface area contributed by atoms with Crippen molar-refractivity contribution in [1.29, 1.82) is 0 Å². The van der Waals surface area contributed by atoms with Crippen molar-refractivity contribution in [3.8, 4) is 11.5 Å². The first-order chi connectivity index (χ1) is 14.7. The summed E-state index contributed by atoms with van der Waals surface area (Å²) in [5, 5.41) is 3.09. The lowest BCUT2D eigenvalue weighted by atomic mass is 10.1. The van der Waals surface area contributed by atoms with Crippen molar-refractivity contribution >= 4 is 5.91 Å². The van der Waals surface area contributed by atoms with Crippen LogP contribution in [0.15, 0.2) is 71.3 Å². The Hall–Kier alpha value is -3.25. The number of carbonyl (C=O) groups is 1. The second-order valence-electron chi connectivity index (χ2n) is 7.40. The molecular weight excluding hydrogens is 380 g/mol. The molecule has 1 atom stereocenters. The summed E-state index contributed by atoms with van der Waals surface area (Å²) in [6, 6.07) is 19.5. The highest BCUT2D eigenvalue weighted by molar-refractivity contribution is 5.78. The van der Waals surface area contributed by atoms with Crippen molar-refractivity contribution in [2.75, 3.05) is 19.8 Å². The maximum Gasteiger partial charge on any atom is 0.234 e. The van der Waals surface area contributed by atoms with Crippen LogP contribution in [-0.4, -0.2) is 30.6 Å². The number of fused-ring (bicyclic) bond motifs is 1. The first-order valence-corrected chi connectivity index (χ1v) is 10.1. The molecule has 0 fully saturated rings. The predicted molar refractivity (Wildman–Crippen MR) is 113 cm³/mol. The molecule has 1 N–H and O–H groups in total. The second kappa shape index (κ2) is 9.50. The third kappa shape index (κ3) is 5.21. The average Bonchev–Trinajstić information content (AvgIpc) is 3.27. The summed E-state index contributed by atoms with van der Waals surface area (Å²) >= 11 is 0. The zero-order valence-corrected chi connectivity index (χ0v) is 17.0. The summed E-state index contributed by atoms with van der Waals surface area (Å²) in [7, 11) is 0. The summed E-state index contributed by atoms with van der Waals surface area (Å²) < 4.78 is 16.7. The molecule has 0 aliphatic carbocycles. The van der Waals surface area contributed by atoms with E-state index in [1.54, 1.807) is 6.26 Å². The summed E-state index contributed by atoms with van der Waals surface area (Å²) in [4.78, 5) is 14.9. The van der Waals surface area contributed by atoms with Gasteiger partial charge in [0.2, 0.25) is 5.91 Å². The van der Waals surface area contributed by atoms with Crippen LogP contribution in [0.2, 0.25) is 0 Å². The fourth-order valence-corrected chi connectivity index (χ4v) is 3.54. The monoisotopic (exact) mass is 406 g/mol. The molecule has 4 rings (SSSR count). The van der Waals surface area contributed by atoms with E-state index in [1.807, 2.05) is 55.5 Å². The van der Waals surface area contributed by atoms with Crippen LogP contribution < -0.4 is 14.8 Å². The molecule has 6 nitrogen and oxygen atoms in total. The normalized spacial score (nSPS) is 13.8. The Labute approximate surface area is 176 Å². The summed E-state index contributed by atoms with van der Waals surface area (Å²) in [5.74, 6) is 2.26. The SMILES string of the molecule is CC(NC(=O)CN(Cc1ccccc1)Cc1ccco1)c1ccc2c(c1)OCCO2. The number of hydrogen-bond donors (Lipinski definition) is 1. The van der Waals surface area contributed by atoms with Gasteiger partial charge in [0.15, 0.2) is 11.5 Å². The van der Waals surface area contributed by atoms with Crippen molar-refractivity contribution < 1.29 is 18.7 Å². The smallest absolute Gasteiger partial charge is 0.234 e. The second-order valence-corrected chi connectivity index (χ2v) is 7.40.